The predicted molar refractivity (Wildman–Crippen MR) is 110 cm³/mol. The Kier molecular flexibility index (Phi) is 4.68. The summed E-state index contributed by atoms with van der Waals surface area (Å²) < 4.78 is 6.27. The highest BCUT2D eigenvalue weighted by atomic mass is 16.5. The molecule has 0 aromatic heterocycles. The summed E-state index contributed by atoms with van der Waals surface area (Å²) in [6.45, 7) is 11.4. The second kappa shape index (κ2) is 6.75. The molecule has 1 fully saturated rings. The van der Waals surface area contributed by atoms with Gasteiger partial charge >= 0.3 is 0 Å². The van der Waals surface area contributed by atoms with Gasteiger partial charge in [-0.3, -0.25) is 4.90 Å². The standard InChI is InChI=1S/C23H32N2O2/c1-22(2,3)19-15-27-21(24-19)23(4)18-8-6-5-7-16(18)9-10-20(23)25-13-11-17(26)12-14-25/h5-10,17,19-20,26H,11-15H2,1-4H3/t19-,20+,23-/m1/s1. The van der Waals surface area contributed by atoms with Gasteiger partial charge in [-0.25, -0.2) is 4.99 Å². The van der Waals surface area contributed by atoms with Crippen molar-refractivity contribution in [1.29, 1.82) is 0 Å². The fourth-order valence-electron chi connectivity index (χ4n) is 4.66. The predicted octanol–water partition coefficient (Wildman–Crippen LogP) is 3.64. The van der Waals surface area contributed by atoms with E-state index in [-0.39, 0.29) is 29.0 Å². The van der Waals surface area contributed by atoms with Crippen LogP contribution in [0.5, 0.6) is 0 Å². The third-order valence-corrected chi connectivity index (χ3v) is 6.56. The lowest BCUT2D eigenvalue weighted by atomic mass is 9.69. The Morgan fingerprint density at radius 2 is 1.89 bits per heavy atom. The molecule has 4 nitrogen and oxygen atoms in total. The number of fused-ring (bicyclic) bond motifs is 1. The van der Waals surface area contributed by atoms with Crippen LogP contribution in [-0.4, -0.2) is 53.8 Å². The molecule has 27 heavy (non-hydrogen) atoms. The van der Waals surface area contributed by atoms with Crippen LogP contribution < -0.4 is 0 Å². The third kappa shape index (κ3) is 3.23. The number of nitrogens with zero attached hydrogens (tertiary/aromatic N) is 2. The molecule has 1 aliphatic carbocycles. The summed E-state index contributed by atoms with van der Waals surface area (Å²) >= 11 is 0. The molecule has 0 spiro atoms. The van der Waals surface area contributed by atoms with Crippen molar-refractivity contribution in [1.82, 2.24) is 4.90 Å². The van der Waals surface area contributed by atoms with Crippen LogP contribution in [0.15, 0.2) is 35.3 Å². The van der Waals surface area contributed by atoms with Crippen LogP contribution in [0.3, 0.4) is 0 Å². The van der Waals surface area contributed by atoms with Crippen LogP contribution in [0.25, 0.3) is 6.08 Å². The van der Waals surface area contributed by atoms with E-state index in [1.54, 1.807) is 0 Å². The first-order valence-corrected chi connectivity index (χ1v) is 10.2. The molecule has 0 radical (unpaired) electrons. The maximum Gasteiger partial charge on any atom is 0.196 e. The van der Waals surface area contributed by atoms with Crippen molar-refractivity contribution in [2.75, 3.05) is 19.7 Å². The van der Waals surface area contributed by atoms with Crippen LogP contribution in [0, 0.1) is 5.41 Å². The summed E-state index contributed by atoms with van der Waals surface area (Å²) in [7, 11) is 0. The molecular weight excluding hydrogens is 336 g/mol. The Morgan fingerprint density at radius 3 is 2.56 bits per heavy atom. The zero-order valence-corrected chi connectivity index (χ0v) is 17.0. The van der Waals surface area contributed by atoms with Crippen LogP contribution in [0.4, 0.5) is 0 Å². The summed E-state index contributed by atoms with van der Waals surface area (Å²) in [5.41, 5.74) is 2.32. The molecule has 1 N–H and O–H groups in total. The van der Waals surface area contributed by atoms with Crippen LogP contribution in [0.1, 0.15) is 51.7 Å². The number of benzene rings is 1. The monoisotopic (exact) mass is 368 g/mol. The maximum atomic E-state index is 9.96. The number of likely N-dealkylation sites (tertiary alicyclic amines) is 1. The van der Waals surface area contributed by atoms with Gasteiger partial charge in [0.2, 0.25) is 0 Å². The number of piperidine rings is 1. The number of ether oxygens (including phenoxy) is 1. The minimum Gasteiger partial charge on any atom is -0.478 e. The third-order valence-electron chi connectivity index (χ3n) is 6.56. The quantitative estimate of drug-likeness (QED) is 0.867. The molecule has 0 unspecified atom stereocenters. The maximum absolute atomic E-state index is 9.96. The van der Waals surface area contributed by atoms with Gasteiger partial charge in [0.05, 0.1) is 17.6 Å². The van der Waals surface area contributed by atoms with Crippen molar-refractivity contribution in [3.05, 3.63) is 41.5 Å². The lowest BCUT2D eigenvalue weighted by molar-refractivity contribution is 0.0578. The number of hydrogen-bond donors (Lipinski definition) is 1. The van der Waals surface area contributed by atoms with Gasteiger partial charge in [0.15, 0.2) is 5.90 Å². The van der Waals surface area contributed by atoms with E-state index < -0.39 is 0 Å². The Morgan fingerprint density at radius 1 is 1.19 bits per heavy atom. The number of rotatable bonds is 2. The second-order valence-corrected chi connectivity index (χ2v) is 9.49. The van der Waals surface area contributed by atoms with Gasteiger partial charge in [0.1, 0.15) is 6.61 Å². The summed E-state index contributed by atoms with van der Waals surface area (Å²) in [5, 5.41) is 9.96. The van der Waals surface area contributed by atoms with E-state index in [0.717, 1.165) is 31.8 Å². The van der Waals surface area contributed by atoms with E-state index in [0.29, 0.717) is 6.61 Å². The van der Waals surface area contributed by atoms with E-state index >= 15 is 0 Å². The van der Waals surface area contributed by atoms with Crippen molar-refractivity contribution < 1.29 is 9.84 Å². The van der Waals surface area contributed by atoms with E-state index in [1.165, 1.54) is 11.1 Å². The minimum atomic E-state index is -0.312. The molecule has 4 rings (SSSR count). The lowest BCUT2D eigenvalue weighted by Gasteiger charge is -2.46. The molecule has 1 aromatic carbocycles. The summed E-state index contributed by atoms with van der Waals surface area (Å²) in [5.74, 6) is 0.871. The molecule has 3 atom stereocenters. The largest absolute Gasteiger partial charge is 0.478 e. The first kappa shape index (κ1) is 18.7. The molecule has 2 heterocycles. The molecule has 0 bridgehead atoms. The summed E-state index contributed by atoms with van der Waals surface area (Å²) in [6, 6.07) is 8.99. The molecular formula is C23H32N2O2. The number of aliphatic imine (C=N–C) groups is 1. The normalized spacial score (nSPS) is 32.1. The highest BCUT2D eigenvalue weighted by Gasteiger charge is 2.49. The van der Waals surface area contributed by atoms with Crippen LogP contribution in [0.2, 0.25) is 0 Å². The Bertz CT molecular complexity index is 756. The van der Waals surface area contributed by atoms with Gasteiger partial charge < -0.3 is 9.84 Å². The molecule has 0 amide bonds. The lowest BCUT2D eigenvalue weighted by Crippen LogP contribution is -2.56. The second-order valence-electron chi connectivity index (χ2n) is 9.49. The van der Waals surface area contributed by atoms with Crippen LogP contribution >= 0.6 is 0 Å². The molecule has 146 valence electrons. The van der Waals surface area contributed by atoms with E-state index in [2.05, 4.69) is 69.0 Å². The van der Waals surface area contributed by atoms with Crippen molar-refractivity contribution in [2.45, 2.75) is 64.1 Å². The molecule has 0 saturated carbocycles. The molecule has 1 saturated heterocycles. The van der Waals surface area contributed by atoms with E-state index in [4.69, 9.17) is 9.73 Å². The SMILES string of the molecule is CC(C)(C)[C@H]1COC([C@]2(C)c3ccccc3C=C[C@@H]2N2CCC(O)CC2)=N1. The minimum absolute atomic E-state index is 0.0901. The molecule has 4 heteroatoms. The fraction of sp³-hybridized carbons (Fsp3) is 0.609. The van der Waals surface area contributed by atoms with Gasteiger partial charge in [-0.15, -0.1) is 0 Å². The van der Waals surface area contributed by atoms with Gasteiger partial charge in [-0.05, 0) is 36.3 Å². The molecule has 1 aromatic rings. The number of aliphatic hydroxyl groups excluding tert-OH is 1. The first-order valence-electron chi connectivity index (χ1n) is 10.2. The van der Waals surface area contributed by atoms with Crippen molar-refractivity contribution in [2.24, 2.45) is 10.4 Å². The number of hydrogen-bond acceptors (Lipinski definition) is 4. The highest BCUT2D eigenvalue weighted by molar-refractivity contribution is 5.93. The molecule has 3 aliphatic rings. The average Bonchev–Trinajstić information content (AvgIpc) is 3.14. The topological polar surface area (TPSA) is 45.1 Å². The first-order chi connectivity index (χ1) is 12.8. The highest BCUT2D eigenvalue weighted by Crippen LogP contribution is 2.43. The summed E-state index contributed by atoms with van der Waals surface area (Å²) in [6.07, 6.45) is 6.05. The Labute approximate surface area is 162 Å². The van der Waals surface area contributed by atoms with E-state index in [1.807, 2.05) is 0 Å². The zero-order chi connectivity index (χ0) is 19.2. The summed E-state index contributed by atoms with van der Waals surface area (Å²) in [4.78, 5) is 7.59. The van der Waals surface area contributed by atoms with Gasteiger partial charge in [0.25, 0.3) is 0 Å². The smallest absolute Gasteiger partial charge is 0.196 e. The van der Waals surface area contributed by atoms with Crippen LogP contribution in [-0.2, 0) is 10.2 Å². The van der Waals surface area contributed by atoms with Gasteiger partial charge in [-0.2, -0.15) is 0 Å². The zero-order valence-electron chi connectivity index (χ0n) is 17.0. The van der Waals surface area contributed by atoms with Crippen molar-refractivity contribution >= 4 is 12.0 Å². The van der Waals surface area contributed by atoms with Crippen molar-refractivity contribution in [3.8, 4) is 0 Å². The fourth-order valence-corrected chi connectivity index (χ4v) is 4.66. The van der Waals surface area contributed by atoms with E-state index in [9.17, 15) is 5.11 Å². The van der Waals surface area contributed by atoms with Crippen molar-refractivity contribution in [3.63, 3.8) is 0 Å². The average molecular weight is 369 g/mol. The Balaban J connectivity index is 1.76. The molecule has 2 aliphatic heterocycles. The number of aliphatic hydroxyl groups is 1. The van der Waals surface area contributed by atoms with Gasteiger partial charge in [0, 0.05) is 19.1 Å². The Hall–Kier alpha value is -1.65. The van der Waals surface area contributed by atoms with Gasteiger partial charge in [-0.1, -0.05) is 57.2 Å².